The molecule has 0 unspecified atom stereocenters. The van der Waals surface area contributed by atoms with Gasteiger partial charge in [-0.05, 0) is 11.6 Å². The molecule has 1 aromatic heterocycles. The topological polar surface area (TPSA) is 42.2 Å². The van der Waals surface area contributed by atoms with Gasteiger partial charge >= 0.3 is 0 Å². The minimum Gasteiger partial charge on any atom is -0.464 e. The van der Waals surface area contributed by atoms with Crippen LogP contribution in [0, 0.1) is 0 Å². The number of nitrogens with one attached hydrogen (secondary N) is 1. The number of amides is 1. The molecule has 2 heterocycles. The Morgan fingerprint density at radius 1 is 1.21 bits per heavy atom. The highest BCUT2D eigenvalue weighted by atomic mass is 32.2. The van der Waals surface area contributed by atoms with Crippen molar-refractivity contribution in [3.8, 4) is 11.1 Å². The molecule has 0 aliphatic carbocycles. The molecule has 0 saturated carbocycles. The molecule has 1 aromatic carbocycles. The first-order valence-corrected chi connectivity index (χ1v) is 6.84. The molecule has 0 spiro atoms. The highest BCUT2D eigenvalue weighted by Gasteiger charge is 2.22. The Kier molecular flexibility index (Phi) is 3.23. The van der Waals surface area contributed by atoms with Gasteiger partial charge in [0.25, 0.3) is 5.91 Å². The molecule has 3 rings (SSSR count). The molecule has 3 nitrogen and oxygen atoms in total. The Morgan fingerprint density at radius 3 is 2.68 bits per heavy atom. The second-order valence-electron chi connectivity index (χ2n) is 3.96. The number of hydrogen-bond acceptors (Lipinski definition) is 4. The lowest BCUT2D eigenvalue weighted by Gasteiger charge is -1.93. The van der Waals surface area contributed by atoms with E-state index in [-0.39, 0.29) is 5.91 Å². The van der Waals surface area contributed by atoms with E-state index in [4.69, 9.17) is 16.6 Å². The fraction of sp³-hybridized carbons (Fsp3) is 0. The quantitative estimate of drug-likeness (QED) is 0.678. The number of furan rings is 1. The molecule has 19 heavy (non-hydrogen) atoms. The monoisotopic (exact) mass is 287 g/mol. The maximum absolute atomic E-state index is 11.5. The Bertz CT molecular complexity index is 674. The molecule has 0 bridgehead atoms. The summed E-state index contributed by atoms with van der Waals surface area (Å²) in [5.41, 5.74) is 2.06. The molecule has 1 aliphatic rings. The van der Waals surface area contributed by atoms with Gasteiger partial charge < -0.3 is 9.73 Å². The van der Waals surface area contributed by atoms with Crippen LogP contribution in [0.25, 0.3) is 17.2 Å². The van der Waals surface area contributed by atoms with Crippen LogP contribution in [0.5, 0.6) is 0 Å². The van der Waals surface area contributed by atoms with Crippen molar-refractivity contribution in [2.24, 2.45) is 0 Å². The van der Waals surface area contributed by atoms with Crippen LogP contribution in [0.1, 0.15) is 5.76 Å². The molecule has 1 amide bonds. The van der Waals surface area contributed by atoms with E-state index in [0.717, 1.165) is 11.1 Å². The van der Waals surface area contributed by atoms with Crippen LogP contribution in [-0.2, 0) is 4.79 Å². The maximum atomic E-state index is 11.5. The summed E-state index contributed by atoms with van der Waals surface area (Å²) in [4.78, 5) is 12.1. The van der Waals surface area contributed by atoms with Crippen molar-refractivity contribution in [2.45, 2.75) is 0 Å². The first-order valence-electron chi connectivity index (χ1n) is 5.61. The Morgan fingerprint density at radius 2 is 2.00 bits per heavy atom. The lowest BCUT2D eigenvalue weighted by Crippen LogP contribution is -2.17. The standard InChI is InChI=1S/C14H9NO2S2/c16-13-12(19-14(18)15-13)7-11-6-10(8-17-11)9-4-2-1-3-5-9/h1-8H,(H,15,16,18)/b12-7+. The summed E-state index contributed by atoms with van der Waals surface area (Å²) in [6.45, 7) is 0. The largest absolute Gasteiger partial charge is 0.464 e. The van der Waals surface area contributed by atoms with E-state index in [1.165, 1.54) is 11.8 Å². The highest BCUT2D eigenvalue weighted by Crippen LogP contribution is 2.28. The first kappa shape index (κ1) is 12.2. The summed E-state index contributed by atoms with van der Waals surface area (Å²) >= 11 is 6.18. The summed E-state index contributed by atoms with van der Waals surface area (Å²) in [5, 5.41) is 2.57. The van der Waals surface area contributed by atoms with Gasteiger partial charge in [-0.2, -0.15) is 0 Å². The summed E-state index contributed by atoms with van der Waals surface area (Å²) in [6, 6.07) is 11.8. The van der Waals surface area contributed by atoms with Crippen molar-refractivity contribution in [3.63, 3.8) is 0 Å². The zero-order chi connectivity index (χ0) is 13.2. The van der Waals surface area contributed by atoms with Crippen LogP contribution in [-0.4, -0.2) is 10.2 Å². The molecule has 2 aromatic rings. The maximum Gasteiger partial charge on any atom is 0.263 e. The minimum atomic E-state index is -0.173. The first-order chi connectivity index (χ1) is 9.22. The van der Waals surface area contributed by atoms with Gasteiger partial charge in [-0.3, -0.25) is 4.79 Å². The average molecular weight is 287 g/mol. The lowest BCUT2D eigenvalue weighted by atomic mass is 10.1. The van der Waals surface area contributed by atoms with E-state index in [1.807, 2.05) is 36.4 Å². The second kappa shape index (κ2) is 5.03. The van der Waals surface area contributed by atoms with Gasteiger partial charge in [0.1, 0.15) is 10.1 Å². The van der Waals surface area contributed by atoms with Crippen molar-refractivity contribution in [3.05, 3.63) is 53.3 Å². The molecular weight excluding hydrogens is 278 g/mol. The predicted molar refractivity (Wildman–Crippen MR) is 80.5 cm³/mol. The van der Waals surface area contributed by atoms with E-state index in [9.17, 15) is 4.79 Å². The number of rotatable bonds is 2. The highest BCUT2D eigenvalue weighted by molar-refractivity contribution is 8.26. The number of carbonyl (C=O) groups excluding carboxylic acids is 1. The van der Waals surface area contributed by atoms with Crippen molar-refractivity contribution in [2.75, 3.05) is 0 Å². The van der Waals surface area contributed by atoms with Gasteiger partial charge in [-0.15, -0.1) is 0 Å². The molecular formula is C14H9NO2S2. The third-order valence-electron chi connectivity index (χ3n) is 2.64. The summed E-state index contributed by atoms with van der Waals surface area (Å²) < 4.78 is 5.93. The molecule has 1 saturated heterocycles. The number of hydrogen-bond donors (Lipinski definition) is 1. The normalized spacial score (nSPS) is 16.9. The fourth-order valence-corrected chi connectivity index (χ4v) is 2.79. The Labute approximate surface area is 119 Å². The number of thiocarbonyl (C=S) groups is 1. The van der Waals surface area contributed by atoms with Crippen molar-refractivity contribution >= 4 is 40.3 Å². The minimum absolute atomic E-state index is 0.173. The van der Waals surface area contributed by atoms with Crippen LogP contribution in [0.2, 0.25) is 0 Å². The molecule has 0 radical (unpaired) electrons. The van der Waals surface area contributed by atoms with Crippen molar-refractivity contribution in [1.29, 1.82) is 0 Å². The molecule has 1 N–H and O–H groups in total. The third-order valence-corrected chi connectivity index (χ3v) is 3.80. The molecule has 0 atom stereocenters. The van der Waals surface area contributed by atoms with Gasteiger partial charge in [0, 0.05) is 11.6 Å². The van der Waals surface area contributed by atoms with Gasteiger partial charge in [0.2, 0.25) is 0 Å². The van der Waals surface area contributed by atoms with E-state index >= 15 is 0 Å². The van der Waals surface area contributed by atoms with Gasteiger partial charge in [-0.25, -0.2) is 0 Å². The Hall–Kier alpha value is -1.85. The van der Waals surface area contributed by atoms with Crippen LogP contribution in [0.4, 0.5) is 0 Å². The van der Waals surface area contributed by atoms with E-state index in [1.54, 1.807) is 12.3 Å². The van der Waals surface area contributed by atoms with Crippen molar-refractivity contribution < 1.29 is 9.21 Å². The molecule has 1 aliphatic heterocycles. The van der Waals surface area contributed by atoms with E-state index < -0.39 is 0 Å². The number of benzene rings is 1. The zero-order valence-corrected chi connectivity index (χ0v) is 11.4. The van der Waals surface area contributed by atoms with Crippen LogP contribution < -0.4 is 5.32 Å². The SMILES string of the molecule is O=C1NC(=S)S/C1=C/c1cc(-c2ccccc2)co1. The van der Waals surface area contributed by atoms with Crippen molar-refractivity contribution in [1.82, 2.24) is 5.32 Å². The van der Waals surface area contributed by atoms with Gasteiger partial charge in [0.15, 0.2) is 0 Å². The Balaban J connectivity index is 1.89. The number of carbonyl (C=O) groups is 1. The molecule has 94 valence electrons. The fourth-order valence-electron chi connectivity index (χ4n) is 1.76. The number of thioether (sulfide) groups is 1. The smallest absolute Gasteiger partial charge is 0.263 e. The van der Waals surface area contributed by atoms with Gasteiger partial charge in [0.05, 0.1) is 11.2 Å². The zero-order valence-electron chi connectivity index (χ0n) is 9.75. The summed E-state index contributed by atoms with van der Waals surface area (Å²) in [6.07, 6.45) is 3.38. The summed E-state index contributed by atoms with van der Waals surface area (Å²) in [5.74, 6) is 0.467. The molecule has 5 heteroatoms. The van der Waals surface area contributed by atoms with E-state index in [2.05, 4.69) is 5.32 Å². The van der Waals surface area contributed by atoms with Crippen LogP contribution >= 0.6 is 24.0 Å². The van der Waals surface area contributed by atoms with Crippen LogP contribution in [0.15, 0.2) is 52.0 Å². The summed E-state index contributed by atoms with van der Waals surface area (Å²) in [7, 11) is 0. The predicted octanol–water partition coefficient (Wildman–Crippen LogP) is 3.44. The average Bonchev–Trinajstić information content (AvgIpc) is 2.99. The van der Waals surface area contributed by atoms with Gasteiger partial charge in [-0.1, -0.05) is 54.3 Å². The lowest BCUT2D eigenvalue weighted by molar-refractivity contribution is -0.115. The van der Waals surface area contributed by atoms with E-state index in [0.29, 0.717) is 15.0 Å². The second-order valence-corrected chi connectivity index (χ2v) is 5.67. The van der Waals surface area contributed by atoms with Crippen LogP contribution in [0.3, 0.4) is 0 Å². The molecule has 1 fully saturated rings. The third kappa shape index (κ3) is 2.62.